The summed E-state index contributed by atoms with van der Waals surface area (Å²) in [6, 6.07) is 0. The van der Waals surface area contributed by atoms with E-state index in [4.69, 9.17) is 18.6 Å². The first kappa shape index (κ1) is 20.3. The van der Waals surface area contributed by atoms with Crippen molar-refractivity contribution in [3.05, 3.63) is 0 Å². The summed E-state index contributed by atoms with van der Waals surface area (Å²) in [5.74, 6) is 0.502. The van der Waals surface area contributed by atoms with Crippen LogP contribution in [0.4, 0.5) is 0 Å². The fourth-order valence-corrected chi connectivity index (χ4v) is 1.40. The Kier molecular flexibility index (Phi) is 19.1. The van der Waals surface area contributed by atoms with Gasteiger partial charge in [0.25, 0.3) is 0 Å². The number of aliphatic imine (C=N–C) groups is 4. The number of rotatable bonds is 6. The van der Waals surface area contributed by atoms with Crippen molar-refractivity contribution in [1.29, 1.82) is 0 Å². The second kappa shape index (κ2) is 17.0. The zero-order valence-corrected chi connectivity index (χ0v) is 14.3. The molecule has 0 rings (SSSR count). The molecule has 0 N–H and O–H groups in total. The van der Waals surface area contributed by atoms with Crippen molar-refractivity contribution in [2.75, 3.05) is 28.2 Å². The van der Waals surface area contributed by atoms with Gasteiger partial charge in [0.05, 0.1) is 0 Å². The van der Waals surface area contributed by atoms with Gasteiger partial charge in [-0.2, -0.15) is 0 Å². The van der Waals surface area contributed by atoms with E-state index in [1.165, 1.54) is 0 Å². The molecule has 0 atom stereocenters. The van der Waals surface area contributed by atoms with Crippen LogP contribution in [0.2, 0.25) is 0 Å². The summed E-state index contributed by atoms with van der Waals surface area (Å²) >= 11 is -0.556. The van der Waals surface area contributed by atoms with E-state index in [0.29, 0.717) is 0 Å². The van der Waals surface area contributed by atoms with Crippen LogP contribution < -0.4 is 0 Å². The SMILES string of the molecule is CN=CC(C=NC)CC(C=NC)C=NC.[Cl][Ti][Cl]. The van der Waals surface area contributed by atoms with Crippen LogP contribution in [0.25, 0.3) is 0 Å². The van der Waals surface area contributed by atoms with Gasteiger partial charge in [0.2, 0.25) is 0 Å². The van der Waals surface area contributed by atoms with Crippen LogP contribution in [-0.2, 0) is 17.0 Å². The summed E-state index contributed by atoms with van der Waals surface area (Å²) in [6.45, 7) is 0. The Hall–Kier alpha value is -0.0257. The third kappa shape index (κ3) is 14.0. The van der Waals surface area contributed by atoms with Crippen LogP contribution in [0, 0.1) is 11.8 Å². The first-order chi connectivity index (χ1) is 8.69. The summed E-state index contributed by atoms with van der Waals surface area (Å²) in [4.78, 5) is 16.1. The van der Waals surface area contributed by atoms with E-state index in [1.54, 1.807) is 28.2 Å². The third-order valence-electron chi connectivity index (χ3n) is 1.91. The number of hydrogen-bond donors (Lipinski definition) is 0. The first-order valence-corrected chi connectivity index (χ1v) is 9.65. The molecule has 0 aliphatic rings. The zero-order valence-electron chi connectivity index (χ0n) is 11.2. The molecule has 0 heterocycles. The van der Waals surface area contributed by atoms with Crippen molar-refractivity contribution in [2.45, 2.75) is 6.42 Å². The molecule has 0 aromatic heterocycles. The Morgan fingerprint density at radius 2 is 1.00 bits per heavy atom. The molecule has 0 fully saturated rings. The number of nitrogens with zero attached hydrogens (tertiary/aromatic N) is 4. The molecule has 0 bridgehead atoms. The van der Waals surface area contributed by atoms with Crippen LogP contribution in [0.5, 0.6) is 0 Å². The molecular weight excluding hydrogens is 307 g/mol. The van der Waals surface area contributed by atoms with Crippen LogP contribution in [0.15, 0.2) is 20.0 Å². The summed E-state index contributed by atoms with van der Waals surface area (Å²) < 4.78 is 0. The molecule has 0 saturated carbocycles. The van der Waals surface area contributed by atoms with Gasteiger partial charge < -0.3 is 20.0 Å². The molecule has 0 amide bonds. The van der Waals surface area contributed by atoms with E-state index in [0.717, 1.165) is 6.42 Å². The van der Waals surface area contributed by atoms with Gasteiger partial charge in [0.1, 0.15) is 0 Å². The molecule has 0 aromatic rings. The molecule has 0 aliphatic heterocycles. The van der Waals surface area contributed by atoms with Gasteiger partial charge >= 0.3 is 35.6 Å². The summed E-state index contributed by atoms with van der Waals surface area (Å²) in [6.07, 6.45) is 8.49. The van der Waals surface area contributed by atoms with E-state index in [2.05, 4.69) is 20.0 Å². The van der Waals surface area contributed by atoms with E-state index in [9.17, 15) is 0 Å². The maximum atomic E-state index is 4.89. The van der Waals surface area contributed by atoms with Crippen molar-refractivity contribution in [1.82, 2.24) is 0 Å². The van der Waals surface area contributed by atoms with Gasteiger partial charge in [-0.25, -0.2) is 0 Å². The monoisotopic (exact) mass is 326 g/mol. The standard InChI is InChI=1S/C11H20N4.2ClH.Ti/c1-12-6-10(7-13-2)5-11(8-14-3)9-15-4;;;/h6-11H,5H2,1-4H3;2*1H;/q;;;+2/p-2. The summed E-state index contributed by atoms with van der Waals surface area (Å²) in [7, 11) is 16.9. The average molecular weight is 327 g/mol. The van der Waals surface area contributed by atoms with E-state index in [1.807, 2.05) is 24.9 Å². The van der Waals surface area contributed by atoms with E-state index in [-0.39, 0.29) is 11.8 Å². The molecule has 0 unspecified atom stereocenters. The normalized spacial score (nSPS) is 15.2. The predicted molar refractivity (Wildman–Crippen MR) is 81.0 cm³/mol. The number of hydrogen-bond acceptors (Lipinski definition) is 4. The van der Waals surface area contributed by atoms with Crippen molar-refractivity contribution >= 4 is 43.5 Å². The van der Waals surface area contributed by atoms with Crippen LogP contribution in [-0.4, -0.2) is 53.0 Å². The minimum atomic E-state index is -0.556. The van der Waals surface area contributed by atoms with Gasteiger partial charge in [-0.05, 0) is 6.42 Å². The third-order valence-corrected chi connectivity index (χ3v) is 1.91. The Labute approximate surface area is 126 Å². The van der Waals surface area contributed by atoms with Crippen molar-refractivity contribution in [2.24, 2.45) is 31.8 Å². The van der Waals surface area contributed by atoms with Gasteiger partial charge in [-0.1, -0.05) is 0 Å². The second-order valence-corrected chi connectivity index (χ2v) is 5.84. The molecule has 0 radical (unpaired) electrons. The Balaban J connectivity index is 0. The fourth-order valence-electron chi connectivity index (χ4n) is 1.40. The van der Waals surface area contributed by atoms with Crippen LogP contribution in [0.1, 0.15) is 6.42 Å². The molecule has 0 saturated heterocycles. The summed E-state index contributed by atoms with van der Waals surface area (Å²) in [5.41, 5.74) is 0. The predicted octanol–water partition coefficient (Wildman–Crippen LogP) is 2.79. The Morgan fingerprint density at radius 3 is 1.17 bits per heavy atom. The molecule has 18 heavy (non-hydrogen) atoms. The quantitative estimate of drug-likeness (QED) is 0.532. The van der Waals surface area contributed by atoms with Crippen molar-refractivity contribution < 1.29 is 17.0 Å². The van der Waals surface area contributed by atoms with Crippen LogP contribution in [0.3, 0.4) is 0 Å². The van der Waals surface area contributed by atoms with Gasteiger partial charge in [0, 0.05) is 64.9 Å². The molecule has 0 aliphatic carbocycles. The van der Waals surface area contributed by atoms with Gasteiger partial charge in [-0.15, -0.1) is 0 Å². The first-order valence-electron chi connectivity index (χ1n) is 5.35. The minimum absolute atomic E-state index is 0.251. The molecule has 4 nitrogen and oxygen atoms in total. The molecule has 102 valence electrons. The molecule has 0 aromatic carbocycles. The summed E-state index contributed by atoms with van der Waals surface area (Å²) in [5, 5.41) is 0. The van der Waals surface area contributed by atoms with Crippen LogP contribution >= 0.6 is 18.6 Å². The van der Waals surface area contributed by atoms with Gasteiger partial charge in [-0.3, -0.25) is 0 Å². The Morgan fingerprint density at radius 1 is 0.778 bits per heavy atom. The molecule has 7 heteroatoms. The zero-order chi connectivity index (χ0) is 14.2. The van der Waals surface area contributed by atoms with Crippen molar-refractivity contribution in [3.63, 3.8) is 0 Å². The molecular formula is C11H20Cl2N4Ti. The Bertz CT molecular complexity index is 230. The van der Waals surface area contributed by atoms with Gasteiger partial charge in [0.15, 0.2) is 0 Å². The maximum absolute atomic E-state index is 4.89. The number of halogens is 2. The average Bonchev–Trinajstić information content (AvgIpc) is 2.31. The van der Waals surface area contributed by atoms with E-state index < -0.39 is 17.0 Å². The fraction of sp³-hybridized carbons (Fsp3) is 0.636. The topological polar surface area (TPSA) is 49.4 Å². The van der Waals surface area contributed by atoms with Crippen molar-refractivity contribution in [3.8, 4) is 0 Å². The second-order valence-electron chi connectivity index (χ2n) is 3.26. The molecule has 0 spiro atoms. The van der Waals surface area contributed by atoms with E-state index >= 15 is 0 Å².